The van der Waals surface area contributed by atoms with E-state index in [9.17, 15) is 4.79 Å². The maximum Gasteiger partial charge on any atom is 0.253 e. The summed E-state index contributed by atoms with van der Waals surface area (Å²) in [6.45, 7) is 0.994. The third-order valence-corrected chi connectivity index (χ3v) is 5.12. The largest absolute Gasteiger partial charge is 0.383 e. The number of pyridine rings is 1. The second-order valence-corrected chi connectivity index (χ2v) is 6.75. The molecule has 1 fully saturated rings. The van der Waals surface area contributed by atoms with Crippen molar-refractivity contribution in [2.24, 2.45) is 0 Å². The predicted molar refractivity (Wildman–Crippen MR) is 100 cm³/mol. The SMILES string of the molecule is COCCNC(=O)c1cc(-c2ccnn2C2CCCC2)n2ccccc12. The number of nitrogens with one attached hydrogen (secondary N) is 1. The quantitative estimate of drug-likeness (QED) is 0.693. The standard InChI is InChI=1S/C20H24N4O2/c1-26-13-11-21-20(25)16-14-19(23-12-5-4-8-17(16)23)18-9-10-22-24(18)15-6-2-3-7-15/h4-5,8-10,12,14-15H,2-3,6-7,11,13H2,1H3,(H,21,25). The zero-order valence-electron chi connectivity index (χ0n) is 15.0. The van der Waals surface area contributed by atoms with Crippen LogP contribution >= 0.6 is 0 Å². The van der Waals surface area contributed by atoms with Crippen LogP contribution in [-0.4, -0.2) is 40.3 Å². The molecule has 0 atom stereocenters. The molecule has 3 heterocycles. The van der Waals surface area contributed by atoms with E-state index in [-0.39, 0.29) is 5.91 Å². The normalized spacial score (nSPS) is 15.0. The average Bonchev–Trinajstić information content (AvgIpc) is 3.39. The van der Waals surface area contributed by atoms with E-state index in [2.05, 4.69) is 19.5 Å². The molecule has 0 unspecified atom stereocenters. The summed E-state index contributed by atoms with van der Waals surface area (Å²) >= 11 is 0. The zero-order chi connectivity index (χ0) is 17.9. The Labute approximate surface area is 152 Å². The van der Waals surface area contributed by atoms with Gasteiger partial charge in [-0.1, -0.05) is 18.9 Å². The topological polar surface area (TPSA) is 60.6 Å². The molecule has 1 aliphatic rings. The van der Waals surface area contributed by atoms with Crippen molar-refractivity contribution in [1.29, 1.82) is 0 Å². The van der Waals surface area contributed by atoms with Crippen LogP contribution in [0.2, 0.25) is 0 Å². The Balaban J connectivity index is 1.75. The highest BCUT2D eigenvalue weighted by Crippen LogP contribution is 2.34. The Morgan fingerprint density at radius 1 is 1.27 bits per heavy atom. The highest BCUT2D eigenvalue weighted by atomic mass is 16.5. The molecule has 4 rings (SSSR count). The molecule has 0 saturated heterocycles. The Bertz CT molecular complexity index is 906. The van der Waals surface area contributed by atoms with Gasteiger partial charge in [-0.25, -0.2) is 0 Å². The first-order valence-corrected chi connectivity index (χ1v) is 9.20. The summed E-state index contributed by atoms with van der Waals surface area (Å²) in [4.78, 5) is 12.7. The first-order chi connectivity index (χ1) is 12.8. The summed E-state index contributed by atoms with van der Waals surface area (Å²) in [7, 11) is 1.63. The highest BCUT2D eigenvalue weighted by Gasteiger charge is 2.23. The second-order valence-electron chi connectivity index (χ2n) is 6.75. The molecule has 1 aliphatic carbocycles. The van der Waals surface area contributed by atoms with Gasteiger partial charge in [0.05, 0.1) is 35.1 Å². The first-order valence-electron chi connectivity index (χ1n) is 9.20. The lowest BCUT2D eigenvalue weighted by Crippen LogP contribution is -2.26. The molecule has 136 valence electrons. The van der Waals surface area contributed by atoms with Crippen molar-refractivity contribution in [2.45, 2.75) is 31.7 Å². The number of ether oxygens (including phenoxy) is 1. The van der Waals surface area contributed by atoms with Crippen molar-refractivity contribution in [1.82, 2.24) is 19.5 Å². The molecule has 26 heavy (non-hydrogen) atoms. The van der Waals surface area contributed by atoms with E-state index in [4.69, 9.17) is 4.74 Å². The predicted octanol–water partition coefficient (Wildman–Crippen LogP) is 3.29. The number of methoxy groups -OCH3 is 1. The molecule has 1 amide bonds. The molecular weight excluding hydrogens is 328 g/mol. The molecule has 3 aromatic heterocycles. The summed E-state index contributed by atoms with van der Waals surface area (Å²) in [5.74, 6) is -0.0797. The third-order valence-electron chi connectivity index (χ3n) is 5.12. The van der Waals surface area contributed by atoms with Crippen molar-refractivity contribution in [3.05, 3.63) is 48.3 Å². The van der Waals surface area contributed by atoms with Gasteiger partial charge in [-0.3, -0.25) is 9.48 Å². The number of fused-ring (bicyclic) bond motifs is 1. The number of carbonyl (C=O) groups excluding carboxylic acids is 1. The third kappa shape index (κ3) is 3.01. The lowest BCUT2D eigenvalue weighted by atomic mass is 10.2. The maximum atomic E-state index is 12.7. The van der Waals surface area contributed by atoms with Crippen LogP contribution in [0.25, 0.3) is 16.9 Å². The van der Waals surface area contributed by atoms with Crippen molar-refractivity contribution < 1.29 is 9.53 Å². The van der Waals surface area contributed by atoms with E-state index in [1.54, 1.807) is 7.11 Å². The number of hydrogen-bond acceptors (Lipinski definition) is 3. The Morgan fingerprint density at radius 2 is 2.12 bits per heavy atom. The van der Waals surface area contributed by atoms with E-state index >= 15 is 0 Å². The van der Waals surface area contributed by atoms with Crippen LogP contribution in [-0.2, 0) is 4.74 Å². The van der Waals surface area contributed by atoms with E-state index in [1.165, 1.54) is 25.7 Å². The molecule has 6 nitrogen and oxygen atoms in total. The van der Waals surface area contributed by atoms with Gasteiger partial charge in [-0.2, -0.15) is 5.10 Å². The maximum absolute atomic E-state index is 12.7. The van der Waals surface area contributed by atoms with Crippen molar-refractivity contribution in [2.75, 3.05) is 20.3 Å². The van der Waals surface area contributed by atoms with Crippen molar-refractivity contribution in [3.63, 3.8) is 0 Å². The molecule has 1 saturated carbocycles. The summed E-state index contributed by atoms with van der Waals surface area (Å²) in [6, 6.07) is 10.4. The van der Waals surface area contributed by atoms with Crippen LogP contribution in [0.1, 0.15) is 42.1 Å². The van der Waals surface area contributed by atoms with E-state index in [0.29, 0.717) is 24.8 Å². The molecule has 0 radical (unpaired) electrons. The minimum absolute atomic E-state index is 0.0797. The minimum atomic E-state index is -0.0797. The minimum Gasteiger partial charge on any atom is -0.383 e. The Hall–Kier alpha value is -2.60. The van der Waals surface area contributed by atoms with Gasteiger partial charge in [0.2, 0.25) is 0 Å². The van der Waals surface area contributed by atoms with Crippen molar-refractivity contribution in [3.8, 4) is 11.4 Å². The fraction of sp³-hybridized carbons (Fsp3) is 0.400. The van der Waals surface area contributed by atoms with Crippen LogP contribution in [0.3, 0.4) is 0 Å². The lowest BCUT2D eigenvalue weighted by molar-refractivity contribution is 0.0939. The van der Waals surface area contributed by atoms with E-state index in [0.717, 1.165) is 16.9 Å². The first kappa shape index (κ1) is 16.8. The number of hydrogen-bond donors (Lipinski definition) is 1. The van der Waals surface area contributed by atoms with Crippen LogP contribution in [0.4, 0.5) is 0 Å². The molecule has 1 N–H and O–H groups in total. The molecule has 6 heteroatoms. The number of rotatable bonds is 6. The number of carbonyl (C=O) groups is 1. The average molecular weight is 352 g/mol. The number of aromatic nitrogens is 3. The van der Waals surface area contributed by atoms with E-state index < -0.39 is 0 Å². The van der Waals surface area contributed by atoms with Gasteiger partial charge in [0.25, 0.3) is 5.91 Å². The Kier molecular flexibility index (Phi) is 4.75. The monoisotopic (exact) mass is 352 g/mol. The van der Waals surface area contributed by atoms with Gasteiger partial charge < -0.3 is 14.5 Å². The van der Waals surface area contributed by atoms with Gasteiger partial charge in [0.15, 0.2) is 0 Å². The van der Waals surface area contributed by atoms with Gasteiger partial charge >= 0.3 is 0 Å². The van der Waals surface area contributed by atoms with Gasteiger partial charge in [-0.15, -0.1) is 0 Å². The van der Waals surface area contributed by atoms with Gasteiger partial charge in [-0.05, 0) is 37.1 Å². The van der Waals surface area contributed by atoms with Crippen LogP contribution in [0, 0.1) is 0 Å². The number of amides is 1. The summed E-state index contributed by atoms with van der Waals surface area (Å²) in [5.41, 5.74) is 3.64. The van der Waals surface area contributed by atoms with E-state index in [1.807, 2.05) is 42.7 Å². The summed E-state index contributed by atoms with van der Waals surface area (Å²) < 4.78 is 9.23. The fourth-order valence-corrected chi connectivity index (χ4v) is 3.85. The highest BCUT2D eigenvalue weighted by molar-refractivity contribution is 6.02. The second kappa shape index (κ2) is 7.33. The molecular formula is C20H24N4O2. The molecule has 0 spiro atoms. The summed E-state index contributed by atoms with van der Waals surface area (Å²) in [5, 5.41) is 7.50. The molecule has 0 aliphatic heterocycles. The fourth-order valence-electron chi connectivity index (χ4n) is 3.85. The lowest BCUT2D eigenvalue weighted by Gasteiger charge is -2.14. The van der Waals surface area contributed by atoms with Gasteiger partial charge in [0.1, 0.15) is 0 Å². The smallest absolute Gasteiger partial charge is 0.253 e. The molecule has 3 aromatic rings. The van der Waals surface area contributed by atoms with Crippen LogP contribution in [0.15, 0.2) is 42.7 Å². The van der Waals surface area contributed by atoms with Crippen molar-refractivity contribution >= 4 is 11.4 Å². The molecule has 0 bridgehead atoms. The number of nitrogens with zero attached hydrogens (tertiary/aromatic N) is 3. The van der Waals surface area contributed by atoms with Crippen LogP contribution < -0.4 is 5.32 Å². The van der Waals surface area contributed by atoms with Crippen LogP contribution in [0.5, 0.6) is 0 Å². The summed E-state index contributed by atoms with van der Waals surface area (Å²) in [6.07, 6.45) is 8.71. The zero-order valence-corrected chi connectivity index (χ0v) is 15.0. The van der Waals surface area contributed by atoms with Gasteiger partial charge in [0, 0.05) is 26.0 Å². The molecule has 0 aromatic carbocycles. The Morgan fingerprint density at radius 3 is 2.92 bits per heavy atom.